The van der Waals surface area contributed by atoms with Crippen molar-refractivity contribution >= 4 is 10.0 Å². The highest BCUT2D eigenvalue weighted by molar-refractivity contribution is 7.89. The Morgan fingerprint density at radius 3 is 2.14 bits per heavy atom. The Hall–Kier alpha value is -1.65. The van der Waals surface area contributed by atoms with Crippen LogP contribution in [0.3, 0.4) is 0 Å². The third-order valence-corrected chi connectivity index (χ3v) is 5.84. The van der Waals surface area contributed by atoms with Crippen LogP contribution in [0.2, 0.25) is 0 Å². The third-order valence-electron chi connectivity index (χ3n) is 4.02. The SMILES string of the molecule is CC[C@@H](C)c1ccc(S(=O)(=O)N(C)Cc2ccccc2)cc1. The highest BCUT2D eigenvalue weighted by Gasteiger charge is 2.20. The lowest BCUT2D eigenvalue weighted by Crippen LogP contribution is -2.26. The molecule has 4 heteroatoms. The Morgan fingerprint density at radius 2 is 1.59 bits per heavy atom. The van der Waals surface area contributed by atoms with Crippen molar-refractivity contribution in [1.29, 1.82) is 0 Å². The molecule has 2 aromatic carbocycles. The van der Waals surface area contributed by atoms with E-state index in [1.807, 2.05) is 42.5 Å². The summed E-state index contributed by atoms with van der Waals surface area (Å²) in [5, 5.41) is 0. The van der Waals surface area contributed by atoms with Gasteiger partial charge in [0.2, 0.25) is 10.0 Å². The van der Waals surface area contributed by atoms with E-state index in [2.05, 4.69) is 13.8 Å². The lowest BCUT2D eigenvalue weighted by Gasteiger charge is -2.18. The minimum atomic E-state index is -3.45. The quantitative estimate of drug-likeness (QED) is 0.807. The molecular formula is C18H23NO2S. The van der Waals surface area contributed by atoms with Crippen molar-refractivity contribution in [3.63, 3.8) is 0 Å². The minimum Gasteiger partial charge on any atom is -0.207 e. The normalized spacial score (nSPS) is 13.3. The van der Waals surface area contributed by atoms with Crippen LogP contribution in [0.5, 0.6) is 0 Å². The molecule has 0 N–H and O–H groups in total. The van der Waals surface area contributed by atoms with E-state index >= 15 is 0 Å². The summed E-state index contributed by atoms with van der Waals surface area (Å²) in [5.41, 5.74) is 2.15. The molecule has 0 aromatic heterocycles. The van der Waals surface area contributed by atoms with Crippen molar-refractivity contribution in [2.75, 3.05) is 7.05 Å². The fourth-order valence-corrected chi connectivity index (χ4v) is 3.47. The summed E-state index contributed by atoms with van der Waals surface area (Å²) in [6.45, 7) is 4.64. The Morgan fingerprint density at radius 1 is 1.00 bits per heavy atom. The van der Waals surface area contributed by atoms with Crippen LogP contribution in [0.15, 0.2) is 59.5 Å². The monoisotopic (exact) mass is 317 g/mol. The maximum Gasteiger partial charge on any atom is 0.243 e. The number of hydrogen-bond donors (Lipinski definition) is 0. The Labute approximate surface area is 133 Å². The first-order valence-electron chi connectivity index (χ1n) is 7.55. The summed E-state index contributed by atoms with van der Waals surface area (Å²) in [6, 6.07) is 16.8. The number of sulfonamides is 1. The fraction of sp³-hybridized carbons (Fsp3) is 0.333. The van der Waals surface area contributed by atoms with Crippen LogP contribution >= 0.6 is 0 Å². The predicted octanol–water partition coefficient (Wildman–Crippen LogP) is 4.02. The van der Waals surface area contributed by atoms with Gasteiger partial charge in [-0.05, 0) is 35.6 Å². The number of benzene rings is 2. The largest absolute Gasteiger partial charge is 0.243 e. The predicted molar refractivity (Wildman–Crippen MR) is 90.2 cm³/mol. The molecule has 1 atom stereocenters. The molecule has 22 heavy (non-hydrogen) atoms. The molecule has 0 aliphatic carbocycles. The highest BCUT2D eigenvalue weighted by Crippen LogP contribution is 2.22. The molecule has 0 heterocycles. The zero-order chi connectivity index (χ0) is 16.2. The van der Waals surface area contributed by atoms with Crippen molar-refractivity contribution in [2.45, 2.75) is 37.6 Å². The van der Waals surface area contributed by atoms with Crippen molar-refractivity contribution < 1.29 is 8.42 Å². The van der Waals surface area contributed by atoms with Gasteiger partial charge in [-0.3, -0.25) is 0 Å². The topological polar surface area (TPSA) is 37.4 Å². The zero-order valence-corrected chi connectivity index (χ0v) is 14.2. The third kappa shape index (κ3) is 3.76. The van der Waals surface area contributed by atoms with E-state index in [-0.39, 0.29) is 0 Å². The summed E-state index contributed by atoms with van der Waals surface area (Å²) in [6.07, 6.45) is 1.04. The molecule has 0 spiro atoms. The van der Waals surface area contributed by atoms with Gasteiger partial charge in [-0.25, -0.2) is 8.42 Å². The number of hydrogen-bond acceptors (Lipinski definition) is 2. The van der Waals surface area contributed by atoms with Crippen LogP contribution in [0, 0.1) is 0 Å². The van der Waals surface area contributed by atoms with Gasteiger partial charge in [-0.2, -0.15) is 4.31 Å². The molecule has 118 valence electrons. The van der Waals surface area contributed by atoms with E-state index < -0.39 is 10.0 Å². The first kappa shape index (κ1) is 16.7. The molecule has 0 fully saturated rings. The molecule has 0 aliphatic heterocycles. The highest BCUT2D eigenvalue weighted by atomic mass is 32.2. The average Bonchev–Trinajstić information content (AvgIpc) is 2.55. The molecule has 0 saturated heterocycles. The van der Waals surface area contributed by atoms with E-state index in [9.17, 15) is 8.42 Å². The molecule has 3 nitrogen and oxygen atoms in total. The summed E-state index contributed by atoms with van der Waals surface area (Å²) in [5.74, 6) is 0.443. The van der Waals surface area contributed by atoms with Gasteiger partial charge < -0.3 is 0 Å². The van der Waals surface area contributed by atoms with E-state index in [1.165, 1.54) is 9.87 Å². The molecule has 2 rings (SSSR count). The summed E-state index contributed by atoms with van der Waals surface area (Å²) in [7, 11) is -1.84. The molecule has 0 radical (unpaired) electrons. The fourth-order valence-electron chi connectivity index (χ4n) is 2.31. The van der Waals surface area contributed by atoms with Crippen molar-refractivity contribution in [3.05, 3.63) is 65.7 Å². The molecule has 0 aliphatic rings. The van der Waals surface area contributed by atoms with Crippen LogP contribution in [0.25, 0.3) is 0 Å². The Balaban J connectivity index is 2.19. The Kier molecular flexibility index (Phi) is 5.37. The zero-order valence-electron chi connectivity index (χ0n) is 13.4. The van der Waals surface area contributed by atoms with Gasteiger partial charge in [0.05, 0.1) is 4.90 Å². The molecule has 0 unspecified atom stereocenters. The van der Waals surface area contributed by atoms with Gasteiger partial charge >= 0.3 is 0 Å². The van der Waals surface area contributed by atoms with Gasteiger partial charge in [-0.1, -0.05) is 56.3 Å². The van der Waals surface area contributed by atoms with Gasteiger partial charge in [0, 0.05) is 13.6 Å². The number of rotatable bonds is 6. The first-order valence-corrected chi connectivity index (χ1v) is 8.99. The second-order valence-electron chi connectivity index (χ2n) is 5.63. The van der Waals surface area contributed by atoms with Gasteiger partial charge in [0.25, 0.3) is 0 Å². The van der Waals surface area contributed by atoms with Crippen LogP contribution in [-0.4, -0.2) is 19.8 Å². The summed E-state index contributed by atoms with van der Waals surface area (Å²) in [4.78, 5) is 0.345. The van der Waals surface area contributed by atoms with Crippen LogP contribution in [0.1, 0.15) is 37.3 Å². The van der Waals surface area contributed by atoms with Crippen molar-refractivity contribution in [2.24, 2.45) is 0 Å². The smallest absolute Gasteiger partial charge is 0.207 e. The maximum absolute atomic E-state index is 12.6. The Bertz CT molecular complexity index is 694. The number of nitrogens with zero attached hydrogens (tertiary/aromatic N) is 1. The first-order chi connectivity index (χ1) is 10.4. The minimum absolute atomic E-state index is 0.345. The van der Waals surface area contributed by atoms with E-state index in [0.717, 1.165) is 12.0 Å². The maximum atomic E-state index is 12.6. The molecule has 2 aromatic rings. The average molecular weight is 317 g/mol. The lowest BCUT2D eigenvalue weighted by molar-refractivity contribution is 0.466. The van der Waals surface area contributed by atoms with Gasteiger partial charge in [0.15, 0.2) is 0 Å². The summed E-state index contributed by atoms with van der Waals surface area (Å²) < 4.78 is 26.6. The molecule has 0 bridgehead atoms. The molecule has 0 amide bonds. The van der Waals surface area contributed by atoms with Crippen LogP contribution in [0.4, 0.5) is 0 Å². The second kappa shape index (κ2) is 7.07. The van der Waals surface area contributed by atoms with E-state index in [1.54, 1.807) is 19.2 Å². The molecule has 0 saturated carbocycles. The van der Waals surface area contributed by atoms with Gasteiger partial charge in [-0.15, -0.1) is 0 Å². The van der Waals surface area contributed by atoms with E-state index in [0.29, 0.717) is 17.4 Å². The van der Waals surface area contributed by atoms with Crippen molar-refractivity contribution in [3.8, 4) is 0 Å². The second-order valence-corrected chi connectivity index (χ2v) is 7.67. The molecular weight excluding hydrogens is 294 g/mol. The summed E-state index contributed by atoms with van der Waals surface area (Å²) >= 11 is 0. The van der Waals surface area contributed by atoms with Gasteiger partial charge in [0.1, 0.15) is 0 Å². The standard InChI is InChI=1S/C18H23NO2S/c1-4-15(2)17-10-12-18(13-11-17)22(20,21)19(3)14-16-8-6-5-7-9-16/h5-13,15H,4,14H2,1-3H3/t15-/m1/s1. The van der Waals surface area contributed by atoms with Crippen molar-refractivity contribution in [1.82, 2.24) is 4.31 Å². The lowest BCUT2D eigenvalue weighted by atomic mass is 9.99. The van der Waals surface area contributed by atoms with Crippen LogP contribution < -0.4 is 0 Å². The van der Waals surface area contributed by atoms with Crippen LogP contribution in [-0.2, 0) is 16.6 Å². The van der Waals surface area contributed by atoms with E-state index in [4.69, 9.17) is 0 Å².